The first kappa shape index (κ1) is 11.3. The number of halogens is 1. The molecule has 2 heteroatoms. The molecule has 1 nitrogen and oxygen atoms in total. The first-order chi connectivity index (χ1) is 6.93. The van der Waals surface area contributed by atoms with Gasteiger partial charge < -0.3 is 5.32 Å². The van der Waals surface area contributed by atoms with Gasteiger partial charge in [0.2, 0.25) is 0 Å². The normalized spacial score (nSPS) is 10.9. The van der Waals surface area contributed by atoms with E-state index in [1.165, 1.54) is 12.0 Å². The Morgan fingerprint density at radius 1 is 1.21 bits per heavy atom. The third-order valence-corrected chi connectivity index (χ3v) is 2.19. The number of hydrogen-bond acceptors (Lipinski definition) is 1. The zero-order valence-electron chi connectivity index (χ0n) is 8.25. The Kier molecular flexibility index (Phi) is 6.13. The van der Waals surface area contributed by atoms with Crippen LogP contribution in [-0.2, 0) is 6.42 Å². The second-order valence-corrected chi connectivity index (χ2v) is 3.41. The van der Waals surface area contributed by atoms with E-state index in [1.807, 2.05) is 12.1 Å². The van der Waals surface area contributed by atoms with E-state index in [0.29, 0.717) is 0 Å². The summed E-state index contributed by atoms with van der Waals surface area (Å²) in [5, 5.41) is 3.29. The molecule has 76 valence electrons. The lowest BCUT2D eigenvalue weighted by molar-refractivity contribution is 0.693. The predicted octanol–water partition coefficient (Wildman–Crippen LogP) is 2.96. The second-order valence-electron chi connectivity index (χ2n) is 3.15. The highest BCUT2D eigenvalue weighted by atomic mass is 35.5. The number of rotatable bonds is 6. The number of hydrogen-bond donors (Lipinski definition) is 1. The number of aryl methyl sites for hydroxylation is 1. The summed E-state index contributed by atoms with van der Waals surface area (Å²) in [6.45, 7) is 1.90. The highest BCUT2D eigenvalue weighted by molar-refractivity contribution is 6.25. The summed E-state index contributed by atoms with van der Waals surface area (Å²) >= 11 is 5.39. The molecule has 0 fully saturated rings. The largest absolute Gasteiger partial charge is 0.313 e. The van der Waals surface area contributed by atoms with Crippen LogP contribution in [0.5, 0.6) is 0 Å². The van der Waals surface area contributed by atoms with Gasteiger partial charge >= 0.3 is 0 Å². The molecule has 1 aromatic carbocycles. The lowest BCUT2D eigenvalue weighted by Gasteiger charge is -2.01. The molecule has 0 radical (unpaired) electrons. The van der Waals surface area contributed by atoms with Crippen molar-refractivity contribution < 1.29 is 0 Å². The fourth-order valence-electron chi connectivity index (χ4n) is 1.29. The molecule has 0 amide bonds. The van der Waals surface area contributed by atoms with Gasteiger partial charge in [-0.1, -0.05) is 48.0 Å². The van der Waals surface area contributed by atoms with Crippen molar-refractivity contribution in [3.05, 3.63) is 47.5 Å². The standard InChI is InChI=1S/C12H16ClN/c13-9-5-11-14-10-4-8-12-6-2-1-3-7-12/h1-3,5-7,9,14H,4,8,10-11H2/b9-5+. The van der Waals surface area contributed by atoms with Crippen LogP contribution in [0.3, 0.4) is 0 Å². The monoisotopic (exact) mass is 209 g/mol. The maximum absolute atomic E-state index is 5.39. The molecule has 0 aliphatic carbocycles. The Hall–Kier alpha value is -0.790. The molecule has 1 rings (SSSR count). The third kappa shape index (κ3) is 5.05. The van der Waals surface area contributed by atoms with Gasteiger partial charge in [0.05, 0.1) is 0 Å². The Labute approximate surface area is 90.8 Å². The zero-order chi connectivity index (χ0) is 10.1. The lowest BCUT2D eigenvalue weighted by atomic mass is 10.1. The first-order valence-corrected chi connectivity index (χ1v) is 5.37. The van der Waals surface area contributed by atoms with Crippen molar-refractivity contribution in [2.24, 2.45) is 0 Å². The molecular weight excluding hydrogens is 194 g/mol. The van der Waals surface area contributed by atoms with E-state index in [4.69, 9.17) is 11.6 Å². The van der Waals surface area contributed by atoms with Gasteiger partial charge in [-0.05, 0) is 24.9 Å². The topological polar surface area (TPSA) is 12.0 Å². The third-order valence-electron chi connectivity index (χ3n) is 2.01. The van der Waals surface area contributed by atoms with E-state index < -0.39 is 0 Å². The molecule has 1 N–H and O–H groups in total. The van der Waals surface area contributed by atoms with E-state index in [1.54, 1.807) is 5.54 Å². The van der Waals surface area contributed by atoms with Crippen molar-refractivity contribution in [3.8, 4) is 0 Å². The quantitative estimate of drug-likeness (QED) is 0.711. The lowest BCUT2D eigenvalue weighted by Crippen LogP contribution is -2.15. The number of nitrogens with one attached hydrogen (secondary N) is 1. The second kappa shape index (κ2) is 7.60. The molecular formula is C12H16ClN. The van der Waals surface area contributed by atoms with Crippen molar-refractivity contribution in [1.82, 2.24) is 5.32 Å². The summed E-state index contributed by atoms with van der Waals surface area (Å²) in [4.78, 5) is 0. The van der Waals surface area contributed by atoms with E-state index in [-0.39, 0.29) is 0 Å². The molecule has 0 atom stereocenters. The summed E-state index contributed by atoms with van der Waals surface area (Å²) in [5.41, 5.74) is 2.95. The SMILES string of the molecule is Cl/C=C/CNCCCc1ccccc1. The van der Waals surface area contributed by atoms with Gasteiger partial charge in [-0.3, -0.25) is 0 Å². The van der Waals surface area contributed by atoms with Crippen molar-refractivity contribution in [3.63, 3.8) is 0 Å². The molecule has 0 spiro atoms. The fraction of sp³-hybridized carbons (Fsp3) is 0.333. The van der Waals surface area contributed by atoms with Gasteiger partial charge in [-0.25, -0.2) is 0 Å². The van der Waals surface area contributed by atoms with Gasteiger partial charge in [-0.15, -0.1) is 0 Å². The molecule has 0 heterocycles. The molecule has 1 aromatic rings. The van der Waals surface area contributed by atoms with Crippen molar-refractivity contribution in [2.45, 2.75) is 12.8 Å². The van der Waals surface area contributed by atoms with Crippen LogP contribution < -0.4 is 5.32 Å². The Morgan fingerprint density at radius 3 is 2.71 bits per heavy atom. The average Bonchev–Trinajstić information content (AvgIpc) is 2.25. The van der Waals surface area contributed by atoms with Gasteiger partial charge in [0, 0.05) is 12.1 Å². The van der Waals surface area contributed by atoms with E-state index >= 15 is 0 Å². The van der Waals surface area contributed by atoms with E-state index in [2.05, 4.69) is 29.6 Å². The maximum atomic E-state index is 5.39. The summed E-state index contributed by atoms with van der Waals surface area (Å²) in [7, 11) is 0. The van der Waals surface area contributed by atoms with Crippen LogP contribution in [0.2, 0.25) is 0 Å². The predicted molar refractivity (Wildman–Crippen MR) is 62.6 cm³/mol. The van der Waals surface area contributed by atoms with Crippen LogP contribution in [0.25, 0.3) is 0 Å². The van der Waals surface area contributed by atoms with Crippen LogP contribution in [0.4, 0.5) is 0 Å². The minimum atomic E-state index is 0.859. The molecule has 0 aliphatic heterocycles. The summed E-state index contributed by atoms with van der Waals surface area (Å²) in [5.74, 6) is 0. The van der Waals surface area contributed by atoms with Gasteiger partial charge in [-0.2, -0.15) is 0 Å². The molecule has 0 aromatic heterocycles. The number of benzene rings is 1. The van der Waals surface area contributed by atoms with Gasteiger partial charge in [0.25, 0.3) is 0 Å². The van der Waals surface area contributed by atoms with E-state index in [0.717, 1.165) is 19.5 Å². The van der Waals surface area contributed by atoms with Crippen LogP contribution >= 0.6 is 11.6 Å². The minimum Gasteiger partial charge on any atom is -0.313 e. The molecule has 0 aliphatic rings. The zero-order valence-corrected chi connectivity index (χ0v) is 9.00. The van der Waals surface area contributed by atoms with E-state index in [9.17, 15) is 0 Å². The smallest absolute Gasteiger partial charge is 0.0146 e. The van der Waals surface area contributed by atoms with Crippen molar-refractivity contribution in [1.29, 1.82) is 0 Å². The highest BCUT2D eigenvalue weighted by Gasteiger charge is 1.90. The minimum absolute atomic E-state index is 0.859. The molecule has 0 bridgehead atoms. The first-order valence-electron chi connectivity index (χ1n) is 4.93. The summed E-state index contributed by atoms with van der Waals surface area (Å²) in [6.07, 6.45) is 4.21. The van der Waals surface area contributed by atoms with Crippen LogP contribution in [0.1, 0.15) is 12.0 Å². The van der Waals surface area contributed by atoms with Crippen LogP contribution in [0, 0.1) is 0 Å². The van der Waals surface area contributed by atoms with Crippen molar-refractivity contribution in [2.75, 3.05) is 13.1 Å². The fourth-order valence-corrected chi connectivity index (χ4v) is 1.38. The molecule has 14 heavy (non-hydrogen) atoms. The molecule has 0 saturated heterocycles. The van der Waals surface area contributed by atoms with Crippen molar-refractivity contribution >= 4 is 11.6 Å². The molecule has 0 unspecified atom stereocenters. The Balaban J connectivity index is 2.05. The van der Waals surface area contributed by atoms with Crippen LogP contribution in [0.15, 0.2) is 41.9 Å². The maximum Gasteiger partial charge on any atom is 0.0146 e. The van der Waals surface area contributed by atoms with Crippen LogP contribution in [-0.4, -0.2) is 13.1 Å². The average molecular weight is 210 g/mol. The summed E-state index contributed by atoms with van der Waals surface area (Å²) in [6, 6.07) is 10.5. The summed E-state index contributed by atoms with van der Waals surface area (Å²) < 4.78 is 0. The Bertz CT molecular complexity index is 256. The van der Waals surface area contributed by atoms with Gasteiger partial charge in [0.1, 0.15) is 0 Å². The van der Waals surface area contributed by atoms with Gasteiger partial charge in [0.15, 0.2) is 0 Å². The molecule has 0 saturated carbocycles. The highest BCUT2D eigenvalue weighted by Crippen LogP contribution is 2.01. The Morgan fingerprint density at radius 2 is 2.00 bits per heavy atom.